The zero-order valence-electron chi connectivity index (χ0n) is 12.7. The van der Waals surface area contributed by atoms with Gasteiger partial charge in [-0.25, -0.2) is 0 Å². The fourth-order valence-electron chi connectivity index (χ4n) is 2.10. The van der Waals surface area contributed by atoms with Gasteiger partial charge in [0.25, 0.3) is 0 Å². The molecule has 1 aromatic rings. The first-order chi connectivity index (χ1) is 10.5. The van der Waals surface area contributed by atoms with Gasteiger partial charge in [-0.3, -0.25) is 9.59 Å². The molecule has 0 fully saturated rings. The van der Waals surface area contributed by atoms with E-state index in [0.717, 1.165) is 29.3 Å². The van der Waals surface area contributed by atoms with Crippen LogP contribution >= 0.6 is 15.9 Å². The zero-order chi connectivity index (χ0) is 16.4. The van der Waals surface area contributed by atoms with E-state index in [1.807, 2.05) is 18.2 Å². The second-order valence-corrected chi connectivity index (χ2v) is 5.96. The van der Waals surface area contributed by atoms with Gasteiger partial charge < -0.3 is 15.2 Å². The van der Waals surface area contributed by atoms with Gasteiger partial charge in [0.05, 0.1) is 13.5 Å². The molecule has 22 heavy (non-hydrogen) atoms. The molecule has 0 unspecified atom stereocenters. The highest BCUT2D eigenvalue weighted by atomic mass is 79.9. The number of methoxy groups -OCH3 is 1. The van der Waals surface area contributed by atoms with Crippen LogP contribution in [0.1, 0.15) is 37.7 Å². The minimum absolute atomic E-state index is 0.0399. The van der Waals surface area contributed by atoms with Crippen LogP contribution in [-0.2, 0) is 16.0 Å². The van der Waals surface area contributed by atoms with Crippen molar-refractivity contribution in [1.82, 2.24) is 5.32 Å². The molecule has 0 aliphatic rings. The smallest absolute Gasteiger partial charge is 0.303 e. The number of ether oxygens (including phenoxy) is 1. The topological polar surface area (TPSA) is 75.6 Å². The lowest BCUT2D eigenvalue weighted by Crippen LogP contribution is -2.26. The van der Waals surface area contributed by atoms with E-state index < -0.39 is 5.97 Å². The van der Waals surface area contributed by atoms with Gasteiger partial charge in [0, 0.05) is 23.0 Å². The van der Waals surface area contributed by atoms with E-state index in [0.29, 0.717) is 18.7 Å². The molecular weight excluding hydrogens is 350 g/mol. The van der Waals surface area contributed by atoms with Crippen LogP contribution in [0.5, 0.6) is 5.75 Å². The SMILES string of the molecule is COc1ccc(Br)cc1CC(=O)NCCCCCCC(=O)O. The average molecular weight is 372 g/mol. The third-order valence-electron chi connectivity index (χ3n) is 3.23. The Kier molecular flexibility index (Phi) is 8.58. The van der Waals surface area contributed by atoms with E-state index in [9.17, 15) is 9.59 Å². The van der Waals surface area contributed by atoms with Crippen molar-refractivity contribution in [2.24, 2.45) is 0 Å². The number of carboxylic acids is 1. The lowest BCUT2D eigenvalue weighted by atomic mass is 10.1. The highest BCUT2D eigenvalue weighted by molar-refractivity contribution is 9.10. The number of nitrogens with one attached hydrogen (secondary N) is 1. The molecule has 6 heteroatoms. The molecule has 2 N–H and O–H groups in total. The van der Waals surface area contributed by atoms with Crippen molar-refractivity contribution in [2.45, 2.75) is 38.5 Å². The van der Waals surface area contributed by atoms with E-state index in [1.54, 1.807) is 7.11 Å². The second kappa shape index (κ2) is 10.2. The Morgan fingerprint density at radius 3 is 2.64 bits per heavy atom. The number of benzene rings is 1. The van der Waals surface area contributed by atoms with Crippen molar-refractivity contribution >= 4 is 27.8 Å². The van der Waals surface area contributed by atoms with Crippen LogP contribution in [0.15, 0.2) is 22.7 Å². The van der Waals surface area contributed by atoms with Crippen molar-refractivity contribution in [2.75, 3.05) is 13.7 Å². The van der Waals surface area contributed by atoms with Crippen molar-refractivity contribution in [3.63, 3.8) is 0 Å². The van der Waals surface area contributed by atoms with Crippen LogP contribution in [0.3, 0.4) is 0 Å². The lowest BCUT2D eigenvalue weighted by molar-refractivity contribution is -0.137. The molecule has 0 aliphatic carbocycles. The maximum absolute atomic E-state index is 11.9. The molecule has 0 atom stereocenters. The summed E-state index contributed by atoms with van der Waals surface area (Å²) in [5.41, 5.74) is 0.843. The van der Waals surface area contributed by atoms with Crippen LogP contribution in [0.2, 0.25) is 0 Å². The molecule has 5 nitrogen and oxygen atoms in total. The number of carboxylic acid groups (broad SMARTS) is 1. The molecule has 0 bridgehead atoms. The Bertz CT molecular complexity index is 505. The molecule has 0 saturated carbocycles. The Morgan fingerprint density at radius 2 is 1.95 bits per heavy atom. The first kappa shape index (κ1) is 18.5. The van der Waals surface area contributed by atoms with Crippen LogP contribution < -0.4 is 10.1 Å². The van der Waals surface area contributed by atoms with Gasteiger partial charge in [-0.15, -0.1) is 0 Å². The number of carbonyl (C=O) groups excluding carboxylic acids is 1. The van der Waals surface area contributed by atoms with Crippen molar-refractivity contribution < 1.29 is 19.4 Å². The lowest BCUT2D eigenvalue weighted by Gasteiger charge is -2.09. The fourth-order valence-corrected chi connectivity index (χ4v) is 2.51. The second-order valence-electron chi connectivity index (χ2n) is 5.04. The minimum Gasteiger partial charge on any atom is -0.496 e. The maximum atomic E-state index is 11.9. The molecule has 122 valence electrons. The molecule has 1 amide bonds. The van der Waals surface area contributed by atoms with Gasteiger partial charge in [0.2, 0.25) is 5.91 Å². The third-order valence-corrected chi connectivity index (χ3v) is 3.73. The highest BCUT2D eigenvalue weighted by Gasteiger charge is 2.09. The summed E-state index contributed by atoms with van der Waals surface area (Å²) in [5, 5.41) is 11.4. The number of aliphatic carboxylic acids is 1. The fraction of sp³-hybridized carbons (Fsp3) is 0.500. The number of unbranched alkanes of at least 4 members (excludes halogenated alkanes) is 3. The van der Waals surface area contributed by atoms with Gasteiger partial charge in [-0.1, -0.05) is 28.8 Å². The van der Waals surface area contributed by atoms with Gasteiger partial charge in [0.1, 0.15) is 5.75 Å². The summed E-state index contributed by atoms with van der Waals surface area (Å²) in [6.45, 7) is 0.613. The summed E-state index contributed by atoms with van der Waals surface area (Å²) in [5.74, 6) is -0.0924. The largest absolute Gasteiger partial charge is 0.496 e. The predicted molar refractivity (Wildman–Crippen MR) is 88.1 cm³/mol. The molecule has 1 aromatic carbocycles. The Balaban J connectivity index is 2.24. The average Bonchev–Trinajstić information content (AvgIpc) is 2.46. The Hall–Kier alpha value is -1.56. The molecule has 0 spiro atoms. The van der Waals surface area contributed by atoms with Crippen LogP contribution in [-0.4, -0.2) is 30.6 Å². The number of hydrogen-bond donors (Lipinski definition) is 2. The van der Waals surface area contributed by atoms with Crippen molar-refractivity contribution in [1.29, 1.82) is 0 Å². The summed E-state index contributed by atoms with van der Waals surface area (Å²) in [4.78, 5) is 22.3. The van der Waals surface area contributed by atoms with Crippen molar-refractivity contribution in [3.8, 4) is 5.75 Å². The standard InChI is InChI=1S/C16H22BrNO4/c1-22-14-8-7-13(17)10-12(14)11-15(19)18-9-5-3-2-4-6-16(20)21/h7-8,10H,2-6,9,11H2,1H3,(H,18,19)(H,20,21). The Labute approximate surface area is 139 Å². The summed E-state index contributed by atoms with van der Waals surface area (Å²) in [6.07, 6.45) is 3.85. The highest BCUT2D eigenvalue weighted by Crippen LogP contribution is 2.23. The number of carbonyl (C=O) groups is 2. The Morgan fingerprint density at radius 1 is 1.23 bits per heavy atom. The van der Waals surface area contributed by atoms with Crippen LogP contribution in [0.4, 0.5) is 0 Å². The van der Waals surface area contributed by atoms with Gasteiger partial charge in [-0.05, 0) is 31.0 Å². The maximum Gasteiger partial charge on any atom is 0.303 e. The quantitative estimate of drug-likeness (QED) is 0.619. The molecule has 0 aliphatic heterocycles. The molecule has 0 radical (unpaired) electrons. The molecule has 0 aromatic heterocycles. The monoisotopic (exact) mass is 371 g/mol. The van der Waals surface area contributed by atoms with Crippen LogP contribution in [0, 0.1) is 0 Å². The first-order valence-corrected chi connectivity index (χ1v) is 8.13. The summed E-state index contributed by atoms with van der Waals surface area (Å²) in [6, 6.07) is 5.58. The van der Waals surface area contributed by atoms with Crippen LogP contribution in [0.25, 0.3) is 0 Å². The van der Waals surface area contributed by atoms with E-state index in [1.165, 1.54) is 0 Å². The molecule has 0 saturated heterocycles. The predicted octanol–water partition coefficient (Wildman–Crippen LogP) is 3.15. The normalized spacial score (nSPS) is 10.3. The number of hydrogen-bond acceptors (Lipinski definition) is 3. The summed E-state index contributed by atoms with van der Waals surface area (Å²) >= 11 is 3.38. The third kappa shape index (κ3) is 7.45. The molecule has 0 heterocycles. The van der Waals surface area contributed by atoms with E-state index >= 15 is 0 Å². The van der Waals surface area contributed by atoms with Gasteiger partial charge in [-0.2, -0.15) is 0 Å². The van der Waals surface area contributed by atoms with E-state index in [4.69, 9.17) is 9.84 Å². The number of amides is 1. The summed E-state index contributed by atoms with van der Waals surface area (Å²) < 4.78 is 6.15. The number of halogens is 1. The van der Waals surface area contributed by atoms with Crippen molar-refractivity contribution in [3.05, 3.63) is 28.2 Å². The zero-order valence-corrected chi connectivity index (χ0v) is 14.3. The molecule has 1 rings (SSSR count). The number of rotatable bonds is 10. The van der Waals surface area contributed by atoms with E-state index in [2.05, 4.69) is 21.2 Å². The molecular formula is C16H22BrNO4. The van der Waals surface area contributed by atoms with E-state index in [-0.39, 0.29) is 18.7 Å². The first-order valence-electron chi connectivity index (χ1n) is 7.34. The minimum atomic E-state index is -0.753. The van der Waals surface area contributed by atoms with Gasteiger partial charge >= 0.3 is 5.97 Å². The van der Waals surface area contributed by atoms with Gasteiger partial charge in [0.15, 0.2) is 0 Å². The summed E-state index contributed by atoms with van der Waals surface area (Å²) in [7, 11) is 1.59.